The lowest BCUT2D eigenvalue weighted by atomic mass is 10.0. The molecule has 0 bridgehead atoms. The third-order valence-corrected chi connectivity index (χ3v) is 5.22. The van der Waals surface area contributed by atoms with Crippen molar-refractivity contribution in [2.75, 3.05) is 0 Å². The second kappa shape index (κ2) is 6.32. The zero-order valence-electron chi connectivity index (χ0n) is 13.2. The minimum Gasteiger partial charge on any atom is -0.347 e. The predicted molar refractivity (Wildman–Crippen MR) is 97.0 cm³/mol. The molecular formula is C19H14Cl2N2O. The van der Waals surface area contributed by atoms with E-state index in [1.54, 1.807) is 12.1 Å². The van der Waals surface area contributed by atoms with Crippen LogP contribution in [-0.4, -0.2) is 10.9 Å². The van der Waals surface area contributed by atoms with Gasteiger partial charge in [0, 0.05) is 40.7 Å². The summed E-state index contributed by atoms with van der Waals surface area (Å²) in [4.78, 5) is 11.1. The van der Waals surface area contributed by atoms with Gasteiger partial charge in [0.1, 0.15) is 0 Å². The van der Waals surface area contributed by atoms with Gasteiger partial charge in [-0.1, -0.05) is 23.2 Å². The van der Waals surface area contributed by atoms with Crippen LogP contribution in [0.2, 0.25) is 10.0 Å². The van der Waals surface area contributed by atoms with Crippen LogP contribution in [-0.2, 0) is 13.5 Å². The molecule has 0 N–H and O–H groups in total. The standard InChI is InChI=1S/C19H14Cl2N2O/c1-11-12(9-22)4-6-18-15(11)7-14(23(18)2)8-16-17(20)5-3-13(10-24)19(16)21/h3-7,10H,8H2,1-2H3. The minimum atomic E-state index is 0.386. The second-order valence-electron chi connectivity index (χ2n) is 5.70. The van der Waals surface area contributed by atoms with Gasteiger partial charge in [0.25, 0.3) is 0 Å². The van der Waals surface area contributed by atoms with E-state index in [2.05, 4.69) is 10.6 Å². The van der Waals surface area contributed by atoms with Crippen LogP contribution in [0.4, 0.5) is 0 Å². The van der Waals surface area contributed by atoms with Crippen molar-refractivity contribution >= 4 is 40.4 Å². The lowest BCUT2D eigenvalue weighted by Crippen LogP contribution is -2.00. The fourth-order valence-electron chi connectivity index (χ4n) is 2.95. The molecule has 0 saturated heterocycles. The number of hydrogen-bond acceptors (Lipinski definition) is 2. The molecular weight excluding hydrogens is 343 g/mol. The fraction of sp³-hybridized carbons (Fsp3) is 0.158. The number of carbonyl (C=O) groups excluding carboxylic acids is 1. The Labute approximate surface area is 150 Å². The third-order valence-electron chi connectivity index (χ3n) is 4.42. The molecule has 0 aliphatic rings. The molecule has 0 amide bonds. The highest BCUT2D eigenvalue weighted by Gasteiger charge is 2.15. The van der Waals surface area contributed by atoms with Gasteiger partial charge in [-0.25, -0.2) is 0 Å². The van der Waals surface area contributed by atoms with Crippen LogP contribution < -0.4 is 0 Å². The quantitative estimate of drug-likeness (QED) is 0.615. The van der Waals surface area contributed by atoms with Crippen LogP contribution in [0.1, 0.15) is 32.7 Å². The first-order valence-corrected chi connectivity index (χ1v) is 8.13. The van der Waals surface area contributed by atoms with Crippen LogP contribution in [0.5, 0.6) is 0 Å². The number of fused-ring (bicyclic) bond motifs is 1. The normalized spacial score (nSPS) is 10.8. The molecule has 1 aromatic heterocycles. The number of nitrogens with zero attached hydrogens (tertiary/aromatic N) is 2. The fourth-order valence-corrected chi connectivity index (χ4v) is 3.50. The molecule has 0 spiro atoms. The average molecular weight is 357 g/mol. The van der Waals surface area contributed by atoms with Crippen molar-refractivity contribution in [3.8, 4) is 6.07 Å². The van der Waals surface area contributed by atoms with Crippen molar-refractivity contribution in [3.63, 3.8) is 0 Å². The van der Waals surface area contributed by atoms with E-state index < -0.39 is 0 Å². The number of nitriles is 1. The molecule has 3 rings (SSSR count). The monoisotopic (exact) mass is 356 g/mol. The molecule has 1 heterocycles. The maximum atomic E-state index is 11.1. The Morgan fingerprint density at radius 1 is 1.25 bits per heavy atom. The average Bonchev–Trinajstić information content (AvgIpc) is 2.89. The molecule has 5 heteroatoms. The highest BCUT2D eigenvalue weighted by atomic mass is 35.5. The number of halogens is 2. The van der Waals surface area contributed by atoms with Gasteiger partial charge >= 0.3 is 0 Å². The van der Waals surface area contributed by atoms with Gasteiger partial charge in [0.15, 0.2) is 6.29 Å². The second-order valence-corrected chi connectivity index (χ2v) is 6.49. The molecule has 2 aromatic carbocycles. The van der Waals surface area contributed by atoms with Crippen molar-refractivity contribution < 1.29 is 4.79 Å². The molecule has 0 radical (unpaired) electrons. The number of aromatic nitrogens is 1. The van der Waals surface area contributed by atoms with Crippen LogP contribution in [0.25, 0.3) is 10.9 Å². The summed E-state index contributed by atoms with van der Waals surface area (Å²) in [6.07, 6.45) is 1.23. The van der Waals surface area contributed by atoms with Crippen molar-refractivity contribution in [2.24, 2.45) is 7.05 Å². The van der Waals surface area contributed by atoms with Crippen molar-refractivity contribution in [3.05, 3.63) is 68.3 Å². The van der Waals surface area contributed by atoms with Crippen LogP contribution >= 0.6 is 23.2 Å². The molecule has 0 aliphatic heterocycles. The van der Waals surface area contributed by atoms with Gasteiger partial charge in [-0.05, 0) is 48.4 Å². The first kappa shape index (κ1) is 16.6. The Bertz CT molecular complexity index is 1010. The number of benzene rings is 2. The summed E-state index contributed by atoms with van der Waals surface area (Å²) < 4.78 is 2.06. The highest BCUT2D eigenvalue weighted by Crippen LogP contribution is 2.32. The van der Waals surface area contributed by atoms with Crippen LogP contribution in [0.15, 0.2) is 30.3 Å². The third kappa shape index (κ3) is 2.58. The largest absolute Gasteiger partial charge is 0.347 e. The van der Waals surface area contributed by atoms with Crippen molar-refractivity contribution in [1.82, 2.24) is 4.57 Å². The Balaban J connectivity index is 2.16. The smallest absolute Gasteiger partial charge is 0.151 e. The Kier molecular flexibility index (Phi) is 4.36. The van der Waals surface area contributed by atoms with E-state index in [0.717, 1.165) is 34.0 Å². The van der Waals surface area contributed by atoms with E-state index >= 15 is 0 Å². The summed E-state index contributed by atoms with van der Waals surface area (Å²) >= 11 is 12.6. The van der Waals surface area contributed by atoms with E-state index in [4.69, 9.17) is 23.2 Å². The summed E-state index contributed by atoms with van der Waals surface area (Å²) in [6.45, 7) is 1.94. The molecule has 0 atom stereocenters. The van der Waals surface area contributed by atoms with Crippen molar-refractivity contribution in [2.45, 2.75) is 13.3 Å². The zero-order valence-corrected chi connectivity index (χ0v) is 14.7. The number of carbonyl (C=O) groups is 1. The Morgan fingerprint density at radius 3 is 2.67 bits per heavy atom. The first-order chi connectivity index (χ1) is 11.5. The zero-order chi connectivity index (χ0) is 17.4. The number of rotatable bonds is 3. The first-order valence-electron chi connectivity index (χ1n) is 7.38. The molecule has 0 fully saturated rings. The van der Waals surface area contributed by atoms with E-state index in [1.165, 1.54) is 0 Å². The van der Waals surface area contributed by atoms with Gasteiger partial charge in [-0.15, -0.1) is 0 Å². The number of aldehydes is 1. The molecule has 3 aromatic rings. The van der Waals surface area contributed by atoms with Gasteiger partial charge in [-0.3, -0.25) is 4.79 Å². The minimum absolute atomic E-state index is 0.386. The maximum absolute atomic E-state index is 11.1. The summed E-state index contributed by atoms with van der Waals surface area (Å²) in [5.74, 6) is 0. The molecule has 0 aliphatic carbocycles. The topological polar surface area (TPSA) is 45.8 Å². The predicted octanol–water partition coefficient (Wildman–Crippen LogP) is 5.07. The summed E-state index contributed by atoms with van der Waals surface area (Å²) in [5.41, 5.74) is 4.83. The summed E-state index contributed by atoms with van der Waals surface area (Å²) in [6, 6.07) is 11.3. The molecule has 120 valence electrons. The molecule has 24 heavy (non-hydrogen) atoms. The summed E-state index contributed by atoms with van der Waals surface area (Å²) in [7, 11) is 1.97. The van der Waals surface area contributed by atoms with Gasteiger partial charge in [-0.2, -0.15) is 5.26 Å². The lowest BCUT2D eigenvalue weighted by Gasteiger charge is -2.10. The Morgan fingerprint density at radius 2 is 2.00 bits per heavy atom. The summed E-state index contributed by atoms with van der Waals surface area (Å²) in [5, 5.41) is 11.1. The van der Waals surface area contributed by atoms with Crippen molar-refractivity contribution in [1.29, 1.82) is 5.26 Å². The van der Waals surface area contributed by atoms with E-state index in [-0.39, 0.29) is 0 Å². The lowest BCUT2D eigenvalue weighted by molar-refractivity contribution is 0.112. The molecule has 3 nitrogen and oxygen atoms in total. The number of hydrogen-bond donors (Lipinski definition) is 0. The van der Waals surface area contributed by atoms with Crippen LogP contribution in [0, 0.1) is 18.3 Å². The SMILES string of the molecule is Cc1c(C#N)ccc2c1cc(Cc1c(Cl)ccc(C=O)c1Cl)n2C. The van der Waals surface area contributed by atoms with E-state index in [1.807, 2.05) is 32.2 Å². The van der Waals surface area contributed by atoms with Gasteiger partial charge < -0.3 is 4.57 Å². The van der Waals surface area contributed by atoms with Gasteiger partial charge in [0.05, 0.1) is 16.7 Å². The maximum Gasteiger partial charge on any atom is 0.151 e. The van der Waals surface area contributed by atoms with E-state index in [0.29, 0.717) is 27.6 Å². The molecule has 0 saturated carbocycles. The van der Waals surface area contributed by atoms with Crippen LogP contribution in [0.3, 0.4) is 0 Å². The van der Waals surface area contributed by atoms with Gasteiger partial charge in [0.2, 0.25) is 0 Å². The molecule has 0 unspecified atom stereocenters. The van der Waals surface area contributed by atoms with E-state index in [9.17, 15) is 10.1 Å². The Hall–Kier alpha value is -2.28. The highest BCUT2D eigenvalue weighted by molar-refractivity contribution is 6.37. The number of aryl methyl sites for hydroxylation is 2.